The molecule has 0 aromatic heterocycles. The van der Waals surface area contributed by atoms with Crippen molar-refractivity contribution >= 4 is 17.5 Å². The monoisotopic (exact) mass is 429 g/mol. The van der Waals surface area contributed by atoms with Gasteiger partial charge >= 0.3 is 0 Å². The minimum atomic E-state index is -0.824. The van der Waals surface area contributed by atoms with Crippen molar-refractivity contribution in [2.45, 2.75) is 76.3 Å². The highest BCUT2D eigenvalue weighted by molar-refractivity contribution is 6.31. The molecule has 3 aliphatic rings. The van der Waals surface area contributed by atoms with Crippen LogP contribution in [0.2, 0.25) is 5.02 Å². The lowest BCUT2D eigenvalue weighted by Gasteiger charge is -2.29. The molecule has 3 saturated heterocycles. The summed E-state index contributed by atoms with van der Waals surface area (Å²) < 4.78 is 42.7. The number of halogens is 2. The summed E-state index contributed by atoms with van der Waals surface area (Å²) in [6.45, 7) is 7.56. The molecule has 0 spiro atoms. The number of rotatable bonds is 4. The van der Waals surface area contributed by atoms with Gasteiger partial charge in [0.2, 0.25) is 5.91 Å². The van der Waals surface area contributed by atoms with Crippen molar-refractivity contribution in [3.63, 3.8) is 0 Å². The maximum absolute atomic E-state index is 13.3. The van der Waals surface area contributed by atoms with Gasteiger partial charge in [-0.25, -0.2) is 4.39 Å². The fourth-order valence-corrected chi connectivity index (χ4v) is 4.20. The van der Waals surface area contributed by atoms with E-state index in [-0.39, 0.29) is 23.5 Å². The summed E-state index contributed by atoms with van der Waals surface area (Å²) >= 11 is 6.05. The minimum absolute atomic E-state index is 0.00249. The topological polar surface area (TPSA) is 75.3 Å². The third-order valence-corrected chi connectivity index (χ3v) is 5.53. The van der Waals surface area contributed by atoms with Crippen LogP contribution in [0.4, 0.5) is 4.39 Å². The maximum Gasteiger partial charge on any atom is 0.224 e. The molecule has 3 fully saturated rings. The van der Waals surface area contributed by atoms with Gasteiger partial charge in [-0.15, -0.1) is 0 Å². The Morgan fingerprint density at radius 3 is 2.59 bits per heavy atom. The molecule has 0 aliphatic carbocycles. The van der Waals surface area contributed by atoms with E-state index in [1.54, 1.807) is 13.8 Å². The van der Waals surface area contributed by atoms with Gasteiger partial charge in [0, 0.05) is 5.02 Å². The number of benzene rings is 1. The molecular weight excluding hydrogens is 405 g/mol. The highest BCUT2D eigenvalue weighted by atomic mass is 35.5. The lowest BCUT2D eigenvalue weighted by molar-refractivity contribution is -0.223. The van der Waals surface area contributed by atoms with Crippen LogP contribution in [0.1, 0.15) is 33.3 Å². The average Bonchev–Trinajstić information content (AvgIpc) is 3.20. The summed E-state index contributed by atoms with van der Waals surface area (Å²) in [4.78, 5) is 12.8. The van der Waals surface area contributed by atoms with Crippen LogP contribution in [-0.2, 0) is 34.9 Å². The van der Waals surface area contributed by atoms with Crippen molar-refractivity contribution in [2.75, 3.05) is 6.61 Å². The standard InChI is InChI=1S/C20H25ClFNO6/c1-19(2)25-9-13(27-19)16-15(17-18(26-16)29-20(3,4)28-17)23-14(24)7-10-5-6-11(22)8-12(10)21/h5-6,8,13,15-18H,7,9H2,1-4H3,(H,23,24)/t13?,15-,16-,17-,18-/m1/s1. The summed E-state index contributed by atoms with van der Waals surface area (Å²) in [6, 6.07) is 3.45. The van der Waals surface area contributed by atoms with Crippen LogP contribution in [-0.4, -0.2) is 54.7 Å². The Labute approximate surface area is 173 Å². The SMILES string of the molecule is CC1(C)OCC([C@H]2O[C@@H]3OC(C)(C)O[C@@H]3[C@@H]2NC(=O)Cc2ccc(F)cc2Cl)O1. The van der Waals surface area contributed by atoms with Gasteiger partial charge in [0.1, 0.15) is 24.1 Å². The molecule has 3 aliphatic heterocycles. The molecule has 9 heteroatoms. The fourth-order valence-electron chi connectivity index (χ4n) is 3.97. The fraction of sp³-hybridized carbons (Fsp3) is 0.650. The Bertz CT molecular complexity index is 803. The van der Waals surface area contributed by atoms with Gasteiger partial charge in [-0.1, -0.05) is 17.7 Å². The van der Waals surface area contributed by atoms with Crippen LogP contribution in [0.15, 0.2) is 18.2 Å². The van der Waals surface area contributed by atoms with Gasteiger partial charge in [0.05, 0.1) is 19.1 Å². The van der Waals surface area contributed by atoms with E-state index >= 15 is 0 Å². The normalized spacial score (nSPS) is 34.9. The van der Waals surface area contributed by atoms with Gasteiger partial charge < -0.3 is 29.0 Å². The molecule has 0 bridgehead atoms. The zero-order valence-corrected chi connectivity index (χ0v) is 17.5. The van der Waals surface area contributed by atoms with Crippen LogP contribution in [0.5, 0.6) is 0 Å². The number of amides is 1. The van der Waals surface area contributed by atoms with Crippen molar-refractivity contribution in [3.8, 4) is 0 Å². The highest BCUT2D eigenvalue weighted by Gasteiger charge is 2.58. The summed E-state index contributed by atoms with van der Waals surface area (Å²) in [6.07, 6.45) is -2.00. The first-order valence-corrected chi connectivity index (χ1v) is 9.97. The van der Waals surface area contributed by atoms with Crippen LogP contribution in [0.3, 0.4) is 0 Å². The van der Waals surface area contributed by atoms with E-state index in [1.165, 1.54) is 18.2 Å². The van der Waals surface area contributed by atoms with Crippen LogP contribution < -0.4 is 5.32 Å². The third-order valence-electron chi connectivity index (χ3n) is 5.18. The van der Waals surface area contributed by atoms with E-state index < -0.39 is 41.9 Å². The van der Waals surface area contributed by atoms with Gasteiger partial charge in [-0.3, -0.25) is 4.79 Å². The highest BCUT2D eigenvalue weighted by Crippen LogP contribution is 2.40. The average molecular weight is 430 g/mol. The van der Waals surface area contributed by atoms with E-state index in [0.29, 0.717) is 12.2 Å². The molecule has 1 unspecified atom stereocenters. The third kappa shape index (κ3) is 4.42. The summed E-state index contributed by atoms with van der Waals surface area (Å²) in [7, 11) is 0. The van der Waals surface area contributed by atoms with E-state index in [0.717, 1.165) is 0 Å². The van der Waals surface area contributed by atoms with E-state index in [4.69, 9.17) is 35.3 Å². The molecule has 160 valence electrons. The first-order valence-electron chi connectivity index (χ1n) is 9.59. The Hall–Kier alpha value is -1.29. The van der Waals surface area contributed by atoms with E-state index in [1.807, 2.05) is 13.8 Å². The van der Waals surface area contributed by atoms with Crippen molar-refractivity contribution in [1.82, 2.24) is 5.32 Å². The summed E-state index contributed by atoms with van der Waals surface area (Å²) in [5, 5.41) is 3.18. The lowest BCUT2D eigenvalue weighted by Crippen LogP contribution is -2.53. The molecule has 1 aromatic rings. The van der Waals surface area contributed by atoms with Crippen molar-refractivity contribution in [3.05, 3.63) is 34.6 Å². The van der Waals surface area contributed by atoms with Gasteiger partial charge in [0.25, 0.3) is 0 Å². The first-order chi connectivity index (χ1) is 13.5. The second-order valence-corrected chi connectivity index (χ2v) is 8.85. The number of carbonyl (C=O) groups is 1. The van der Waals surface area contributed by atoms with E-state index in [9.17, 15) is 9.18 Å². The molecule has 1 aromatic carbocycles. The Morgan fingerprint density at radius 2 is 1.93 bits per heavy atom. The van der Waals surface area contributed by atoms with Crippen molar-refractivity contribution in [2.24, 2.45) is 0 Å². The molecular formula is C20H25ClFNO6. The number of nitrogens with one attached hydrogen (secondary N) is 1. The van der Waals surface area contributed by atoms with Gasteiger partial charge in [0.15, 0.2) is 17.9 Å². The second kappa shape index (κ2) is 7.44. The summed E-state index contributed by atoms with van der Waals surface area (Å²) in [5.41, 5.74) is 0.531. The van der Waals surface area contributed by atoms with Gasteiger partial charge in [-0.2, -0.15) is 0 Å². The van der Waals surface area contributed by atoms with E-state index in [2.05, 4.69) is 5.32 Å². The molecule has 1 N–H and O–H groups in total. The lowest BCUT2D eigenvalue weighted by atomic mass is 10.0. The second-order valence-electron chi connectivity index (χ2n) is 8.44. The largest absolute Gasteiger partial charge is 0.348 e. The molecule has 0 saturated carbocycles. The first kappa shape index (κ1) is 21.0. The Morgan fingerprint density at radius 1 is 1.17 bits per heavy atom. The number of fused-ring (bicyclic) bond motifs is 1. The van der Waals surface area contributed by atoms with Crippen molar-refractivity contribution in [1.29, 1.82) is 0 Å². The maximum atomic E-state index is 13.3. The molecule has 4 rings (SSSR count). The predicted octanol–water partition coefficient (Wildman–Crippen LogP) is 2.53. The van der Waals surface area contributed by atoms with Gasteiger partial charge in [-0.05, 0) is 45.4 Å². The summed E-state index contributed by atoms with van der Waals surface area (Å²) in [5.74, 6) is -2.30. The van der Waals surface area contributed by atoms with Crippen LogP contribution in [0, 0.1) is 5.82 Å². The number of hydrogen-bond donors (Lipinski definition) is 1. The molecule has 0 radical (unpaired) electrons. The number of ether oxygens (including phenoxy) is 5. The van der Waals surface area contributed by atoms with Crippen LogP contribution in [0.25, 0.3) is 0 Å². The zero-order chi connectivity index (χ0) is 21.0. The molecule has 7 nitrogen and oxygen atoms in total. The number of hydrogen-bond acceptors (Lipinski definition) is 6. The molecule has 1 amide bonds. The Balaban J connectivity index is 1.50. The zero-order valence-electron chi connectivity index (χ0n) is 16.7. The Kier molecular flexibility index (Phi) is 5.38. The molecule has 29 heavy (non-hydrogen) atoms. The smallest absolute Gasteiger partial charge is 0.224 e. The van der Waals surface area contributed by atoms with Crippen LogP contribution >= 0.6 is 11.6 Å². The quantitative estimate of drug-likeness (QED) is 0.792. The van der Waals surface area contributed by atoms with Crippen molar-refractivity contribution < 1.29 is 32.9 Å². The number of carbonyl (C=O) groups excluding carboxylic acids is 1. The molecule has 5 atom stereocenters. The molecule has 3 heterocycles. The predicted molar refractivity (Wildman–Crippen MR) is 101 cm³/mol. The minimum Gasteiger partial charge on any atom is -0.348 e.